The van der Waals surface area contributed by atoms with E-state index in [1.807, 2.05) is 41.2 Å². The topological polar surface area (TPSA) is 18.5 Å². The van der Waals surface area contributed by atoms with Crippen molar-refractivity contribution in [1.82, 2.24) is 0 Å². The lowest BCUT2D eigenvalue weighted by Gasteiger charge is -2.35. The van der Waals surface area contributed by atoms with Gasteiger partial charge in [-0.3, -0.25) is 0 Å². The molecule has 4 aromatic rings. The molecule has 0 amide bonds. The van der Waals surface area contributed by atoms with Gasteiger partial charge in [-0.2, -0.15) is 0 Å². The van der Waals surface area contributed by atoms with Crippen LogP contribution in [0.1, 0.15) is 62.8 Å². The average Bonchev–Trinajstić information content (AvgIpc) is 3.07. The van der Waals surface area contributed by atoms with Gasteiger partial charge in [-0.1, -0.05) is 143 Å². The van der Waals surface area contributed by atoms with Gasteiger partial charge in [0.25, 0.3) is 0 Å². The molecule has 0 saturated carbocycles. The van der Waals surface area contributed by atoms with E-state index in [-0.39, 0.29) is 22.3 Å². The molecule has 0 spiro atoms. The Morgan fingerprint density at radius 3 is 1.00 bits per heavy atom. The van der Waals surface area contributed by atoms with Crippen LogP contribution in [0.25, 0.3) is 0 Å². The van der Waals surface area contributed by atoms with Crippen molar-refractivity contribution >= 4 is 60.8 Å². The minimum absolute atomic E-state index is 0.0375. The van der Waals surface area contributed by atoms with E-state index in [0.717, 1.165) is 24.3 Å². The Balaban J connectivity index is 1.38. The molecule has 4 rings (SSSR count). The molecule has 0 atom stereocenters. The van der Waals surface area contributed by atoms with Crippen molar-refractivity contribution < 1.29 is 8.85 Å². The second-order valence-corrected chi connectivity index (χ2v) is 21.5. The van der Waals surface area contributed by atoms with Gasteiger partial charge in [0.15, 0.2) is 19.5 Å². The Kier molecular flexibility index (Phi) is 15.1. The van der Waals surface area contributed by atoms with Gasteiger partial charge >= 0.3 is 0 Å². The summed E-state index contributed by atoms with van der Waals surface area (Å²) in [5.74, 6) is 2.15. The first-order chi connectivity index (χ1) is 21.5. The second-order valence-electron chi connectivity index (χ2n) is 11.6. The van der Waals surface area contributed by atoms with Crippen LogP contribution in [0.3, 0.4) is 0 Å². The van der Waals surface area contributed by atoms with Crippen LogP contribution in [0, 0.1) is 0 Å². The third-order valence-corrected chi connectivity index (χ3v) is 19.4. The lowest BCUT2D eigenvalue weighted by molar-refractivity contribution is 0.243. The number of rotatable bonds is 19. The first kappa shape index (κ1) is 35.5. The van der Waals surface area contributed by atoms with Crippen molar-refractivity contribution in [3.05, 3.63) is 144 Å². The summed E-state index contributed by atoms with van der Waals surface area (Å²) >= 11 is 0. The quantitative estimate of drug-likeness (QED) is 0.0550. The molecule has 2 nitrogen and oxygen atoms in total. The second kappa shape index (κ2) is 18.7. The number of hydrogen-bond acceptors (Lipinski definition) is 6. The highest BCUT2D eigenvalue weighted by molar-refractivity contribution is 9.26. The van der Waals surface area contributed by atoms with E-state index in [2.05, 4.69) is 149 Å². The molecule has 0 heterocycles. The first-order valence-electron chi connectivity index (χ1n) is 15.5. The van der Waals surface area contributed by atoms with Crippen molar-refractivity contribution in [1.29, 1.82) is 0 Å². The van der Waals surface area contributed by atoms with Crippen LogP contribution in [0.4, 0.5) is 0 Å². The summed E-state index contributed by atoms with van der Waals surface area (Å²) in [5.41, 5.74) is 5.54. The van der Waals surface area contributed by atoms with Crippen LogP contribution < -0.4 is 0 Å². The van der Waals surface area contributed by atoms with E-state index in [4.69, 9.17) is 8.85 Å². The standard InChI is InChI=1S/C36H46O2S4Si2/c1-29(2)37-43-35(31-17-9-5-10-18-31,32-19-11-6-12-20-32)25-27-39-41-42-40-28-26-36(44-38-30(3)4,33-21-13-7-14-22-33)34-23-15-8-16-24-34/h5-24,29-30H,25-28,43-44H2,1-4H3. The Bertz CT molecular complexity index is 1150. The fourth-order valence-electron chi connectivity index (χ4n) is 5.57. The van der Waals surface area contributed by atoms with Gasteiger partial charge in [0.05, 0.1) is 0 Å². The maximum absolute atomic E-state index is 6.47. The van der Waals surface area contributed by atoms with Crippen molar-refractivity contribution in [2.45, 2.75) is 62.8 Å². The molecule has 234 valence electrons. The highest BCUT2D eigenvalue weighted by Gasteiger charge is 2.36. The zero-order chi connectivity index (χ0) is 31.1. The van der Waals surface area contributed by atoms with Gasteiger partial charge in [0.1, 0.15) is 0 Å². The average molecular weight is 695 g/mol. The summed E-state index contributed by atoms with van der Waals surface area (Å²) in [4.78, 5) is 0. The molecule has 0 aliphatic heterocycles. The van der Waals surface area contributed by atoms with E-state index in [1.54, 1.807) is 0 Å². The zero-order valence-corrected chi connectivity index (χ0v) is 32.5. The fraction of sp³-hybridized carbons (Fsp3) is 0.333. The van der Waals surface area contributed by atoms with Crippen molar-refractivity contribution in [2.75, 3.05) is 11.5 Å². The van der Waals surface area contributed by atoms with Crippen LogP contribution in [0.15, 0.2) is 121 Å². The Hall–Kier alpha value is -1.37. The summed E-state index contributed by atoms with van der Waals surface area (Å²) in [7, 11) is 6.01. The van der Waals surface area contributed by atoms with Crippen LogP contribution in [0.5, 0.6) is 0 Å². The molecule has 4 aromatic carbocycles. The van der Waals surface area contributed by atoms with Crippen molar-refractivity contribution in [3.63, 3.8) is 0 Å². The predicted octanol–water partition coefficient (Wildman–Crippen LogP) is 9.35. The Morgan fingerprint density at radius 1 is 0.477 bits per heavy atom. The zero-order valence-electron chi connectivity index (χ0n) is 26.4. The summed E-state index contributed by atoms with van der Waals surface area (Å²) < 4.78 is 12.9. The Morgan fingerprint density at radius 2 is 0.750 bits per heavy atom. The van der Waals surface area contributed by atoms with Crippen LogP contribution in [-0.2, 0) is 18.9 Å². The number of hydrogen-bond donors (Lipinski definition) is 0. The molecule has 0 saturated heterocycles. The highest BCUT2D eigenvalue weighted by Crippen LogP contribution is 2.47. The fourth-order valence-corrected chi connectivity index (χ4v) is 15.8. The lowest BCUT2D eigenvalue weighted by Crippen LogP contribution is -2.38. The summed E-state index contributed by atoms with van der Waals surface area (Å²) in [6, 6.07) is 44.2. The molecular formula is C36H46O2S4Si2. The smallest absolute Gasteiger partial charge is 0.176 e. The molecular weight excluding hydrogens is 649 g/mol. The van der Waals surface area contributed by atoms with E-state index >= 15 is 0 Å². The van der Waals surface area contributed by atoms with Gasteiger partial charge in [0.2, 0.25) is 0 Å². The maximum atomic E-state index is 6.47. The Labute approximate surface area is 285 Å². The van der Waals surface area contributed by atoms with Gasteiger partial charge in [0, 0.05) is 33.8 Å². The molecule has 0 aromatic heterocycles. The molecule has 0 aliphatic rings. The third kappa shape index (κ3) is 10.1. The van der Waals surface area contributed by atoms with Crippen LogP contribution in [-0.4, -0.2) is 43.2 Å². The van der Waals surface area contributed by atoms with Gasteiger partial charge < -0.3 is 8.85 Å². The summed E-state index contributed by atoms with van der Waals surface area (Å²) in [6.07, 6.45) is 2.64. The molecule has 0 radical (unpaired) electrons. The van der Waals surface area contributed by atoms with Crippen molar-refractivity contribution in [2.24, 2.45) is 0 Å². The molecule has 0 N–H and O–H groups in total. The van der Waals surface area contributed by atoms with Crippen LogP contribution >= 0.6 is 41.2 Å². The molecule has 0 aliphatic carbocycles. The van der Waals surface area contributed by atoms with E-state index < -0.39 is 19.5 Å². The molecule has 8 heteroatoms. The first-order valence-corrected chi connectivity index (χ1v) is 23.2. The summed E-state index contributed by atoms with van der Waals surface area (Å²) in [5, 5.41) is -0.0751. The van der Waals surface area contributed by atoms with E-state index in [9.17, 15) is 0 Å². The normalized spacial score (nSPS) is 12.8. The minimum Gasteiger partial charge on any atom is -0.420 e. The van der Waals surface area contributed by atoms with Gasteiger partial charge in [-0.15, -0.1) is 0 Å². The third-order valence-electron chi connectivity index (χ3n) is 7.98. The molecule has 0 bridgehead atoms. The van der Waals surface area contributed by atoms with Gasteiger partial charge in [-0.05, 0) is 82.4 Å². The number of benzene rings is 4. The van der Waals surface area contributed by atoms with Gasteiger partial charge in [-0.25, -0.2) is 0 Å². The maximum Gasteiger partial charge on any atom is 0.176 e. The van der Waals surface area contributed by atoms with E-state index in [0.29, 0.717) is 0 Å². The SMILES string of the molecule is CC(C)O[SiH2]C(CCSSSSCCC([SiH2]OC(C)C)(c1ccccc1)c1ccccc1)(c1ccccc1)c1ccccc1. The molecule has 44 heavy (non-hydrogen) atoms. The monoisotopic (exact) mass is 694 g/mol. The largest absolute Gasteiger partial charge is 0.420 e. The minimum atomic E-state index is -0.894. The highest BCUT2D eigenvalue weighted by atomic mass is 33.7. The predicted molar refractivity (Wildman–Crippen MR) is 206 cm³/mol. The van der Waals surface area contributed by atoms with E-state index in [1.165, 1.54) is 22.3 Å². The van der Waals surface area contributed by atoms with Crippen molar-refractivity contribution in [3.8, 4) is 0 Å². The van der Waals surface area contributed by atoms with Crippen LogP contribution in [0.2, 0.25) is 0 Å². The summed E-state index contributed by atoms with van der Waals surface area (Å²) in [6.45, 7) is 8.64. The lowest BCUT2D eigenvalue weighted by atomic mass is 9.87. The molecule has 0 unspecified atom stereocenters. The molecule has 0 fully saturated rings.